The fraction of sp³-hybridized carbons (Fsp3) is 0.286. The van der Waals surface area contributed by atoms with Gasteiger partial charge in [-0.1, -0.05) is 0 Å². The zero-order chi connectivity index (χ0) is 9.90. The largest absolute Gasteiger partial charge is 0.387 e. The summed E-state index contributed by atoms with van der Waals surface area (Å²) in [6.07, 6.45) is 3.08. The van der Waals surface area contributed by atoms with E-state index in [1.807, 2.05) is 0 Å². The summed E-state index contributed by atoms with van der Waals surface area (Å²) in [5.41, 5.74) is 0.563. The molecule has 0 aromatic carbocycles. The van der Waals surface area contributed by atoms with Gasteiger partial charge in [-0.2, -0.15) is 0 Å². The molecule has 13 heavy (non-hydrogen) atoms. The lowest BCUT2D eigenvalue weighted by Crippen LogP contribution is -2.21. The number of pyridine rings is 1. The smallest absolute Gasteiger partial charge is 0.248 e. The molecule has 0 saturated heterocycles. The minimum absolute atomic E-state index is 0.208. The molecule has 0 aliphatic heterocycles. The molecule has 0 saturated carbocycles. The summed E-state index contributed by atoms with van der Waals surface area (Å²) in [4.78, 5) is 2.93. The summed E-state index contributed by atoms with van der Waals surface area (Å²) in [5, 5.41) is 2.80. The van der Waals surface area contributed by atoms with E-state index in [-0.39, 0.29) is 4.90 Å². The molecular weight excluding hydrogens is 190 g/mol. The van der Waals surface area contributed by atoms with Gasteiger partial charge >= 0.3 is 0 Å². The van der Waals surface area contributed by atoms with Gasteiger partial charge in [0.25, 0.3) is 0 Å². The topological polar surface area (TPSA) is 72.3 Å². The number of hydrogen-bond acceptors (Lipinski definition) is 3. The fourth-order valence-corrected chi connectivity index (χ4v) is 1.86. The van der Waals surface area contributed by atoms with Crippen molar-refractivity contribution in [2.45, 2.75) is 4.90 Å². The predicted octanol–water partition coefficient (Wildman–Crippen LogP) is -0.549. The average Bonchev–Trinajstić information content (AvgIpc) is 2.18. The van der Waals surface area contributed by atoms with Gasteiger partial charge in [0.05, 0.1) is 5.69 Å². The minimum Gasteiger partial charge on any atom is -0.387 e. The number of anilines is 1. The standard InChI is InChI=1S/C7H11N3O2S/c1-8-6-3-4-10-5-7(6)13(11,12)9-2/h3-5,9H,1-2H3,(H,8,10)/p+1. The summed E-state index contributed by atoms with van der Waals surface area (Å²) in [7, 11) is -0.337. The third-order valence-corrected chi connectivity index (χ3v) is 3.11. The molecule has 0 atom stereocenters. The molecule has 0 unspecified atom stereocenters. The van der Waals surface area contributed by atoms with Crippen molar-refractivity contribution in [2.24, 2.45) is 0 Å². The van der Waals surface area contributed by atoms with Crippen LogP contribution >= 0.6 is 0 Å². The molecule has 0 aliphatic carbocycles. The molecule has 1 aromatic heterocycles. The molecule has 1 heterocycles. The van der Waals surface area contributed by atoms with E-state index in [2.05, 4.69) is 15.0 Å². The van der Waals surface area contributed by atoms with Crippen LogP contribution in [0, 0.1) is 0 Å². The molecule has 0 amide bonds. The number of aromatic nitrogens is 1. The summed E-state index contributed by atoms with van der Waals surface area (Å²) in [5.74, 6) is 0. The Morgan fingerprint density at radius 3 is 2.62 bits per heavy atom. The lowest BCUT2D eigenvalue weighted by Gasteiger charge is -2.04. The van der Waals surface area contributed by atoms with Crippen molar-refractivity contribution in [2.75, 3.05) is 19.4 Å². The SMILES string of the molecule is CNc1cc[nH+]cc1S(=O)(=O)NC. The van der Waals surface area contributed by atoms with Crippen molar-refractivity contribution in [1.29, 1.82) is 0 Å². The Balaban J connectivity index is 3.29. The van der Waals surface area contributed by atoms with E-state index in [1.54, 1.807) is 19.3 Å². The number of nitrogens with one attached hydrogen (secondary N) is 3. The number of sulfonamides is 1. The highest BCUT2D eigenvalue weighted by Gasteiger charge is 2.18. The number of H-pyrrole nitrogens is 1. The summed E-state index contributed by atoms with van der Waals surface area (Å²) in [6, 6.07) is 1.66. The van der Waals surface area contributed by atoms with Crippen molar-refractivity contribution in [3.63, 3.8) is 0 Å². The summed E-state index contributed by atoms with van der Waals surface area (Å²) < 4.78 is 25.1. The quantitative estimate of drug-likeness (QED) is 0.691. The van der Waals surface area contributed by atoms with Gasteiger partial charge in [-0.05, 0) is 7.05 Å². The first-order valence-electron chi connectivity index (χ1n) is 3.73. The van der Waals surface area contributed by atoms with Gasteiger partial charge in [0.1, 0.15) is 0 Å². The third kappa shape index (κ3) is 1.96. The molecule has 5 nitrogen and oxygen atoms in total. The second kappa shape index (κ2) is 3.71. The zero-order valence-electron chi connectivity index (χ0n) is 7.46. The molecule has 6 heteroatoms. The van der Waals surface area contributed by atoms with Crippen LogP contribution in [0.15, 0.2) is 23.4 Å². The van der Waals surface area contributed by atoms with Crippen LogP contribution in [0.3, 0.4) is 0 Å². The Morgan fingerprint density at radius 2 is 2.08 bits per heavy atom. The molecule has 72 valence electrons. The number of hydrogen-bond donors (Lipinski definition) is 2. The van der Waals surface area contributed by atoms with Gasteiger partial charge in [-0.15, -0.1) is 0 Å². The third-order valence-electron chi connectivity index (χ3n) is 1.65. The molecule has 3 N–H and O–H groups in total. The van der Waals surface area contributed by atoms with E-state index < -0.39 is 10.0 Å². The maximum absolute atomic E-state index is 11.4. The lowest BCUT2D eigenvalue weighted by molar-refractivity contribution is -0.380. The Hall–Kier alpha value is -1.14. The van der Waals surface area contributed by atoms with Crippen molar-refractivity contribution in [1.82, 2.24) is 4.72 Å². The maximum atomic E-state index is 11.4. The first-order chi connectivity index (χ1) is 6.11. The van der Waals surface area contributed by atoms with Crippen LogP contribution < -0.4 is 15.0 Å². The Morgan fingerprint density at radius 1 is 1.38 bits per heavy atom. The molecule has 0 fully saturated rings. The molecule has 0 aliphatic rings. The van der Waals surface area contributed by atoms with Crippen LogP contribution in [0.4, 0.5) is 5.69 Å². The predicted molar refractivity (Wildman–Crippen MR) is 48.8 cm³/mol. The van der Waals surface area contributed by atoms with Gasteiger partial charge in [-0.25, -0.2) is 18.1 Å². The maximum Gasteiger partial charge on any atom is 0.248 e. The van der Waals surface area contributed by atoms with Crippen LogP contribution in [0.1, 0.15) is 0 Å². The highest BCUT2D eigenvalue weighted by Crippen LogP contribution is 2.16. The molecule has 0 bridgehead atoms. The van der Waals surface area contributed by atoms with Crippen molar-refractivity contribution >= 4 is 15.7 Å². The van der Waals surface area contributed by atoms with Gasteiger partial charge in [-0.3, -0.25) is 0 Å². The van der Waals surface area contributed by atoms with Crippen LogP contribution in [0.25, 0.3) is 0 Å². The van der Waals surface area contributed by atoms with E-state index in [4.69, 9.17) is 0 Å². The van der Waals surface area contributed by atoms with E-state index >= 15 is 0 Å². The Bertz CT molecular complexity index is 388. The van der Waals surface area contributed by atoms with Crippen molar-refractivity contribution < 1.29 is 13.4 Å². The van der Waals surface area contributed by atoms with Gasteiger partial charge < -0.3 is 5.32 Å². The van der Waals surface area contributed by atoms with E-state index in [9.17, 15) is 8.42 Å². The molecule has 1 rings (SSSR count). The van der Waals surface area contributed by atoms with E-state index in [0.717, 1.165) is 0 Å². The highest BCUT2D eigenvalue weighted by molar-refractivity contribution is 7.89. The first kappa shape index (κ1) is 9.94. The molecule has 0 spiro atoms. The van der Waals surface area contributed by atoms with Gasteiger partial charge in [0.15, 0.2) is 17.3 Å². The highest BCUT2D eigenvalue weighted by atomic mass is 32.2. The monoisotopic (exact) mass is 202 g/mol. The van der Waals surface area contributed by atoms with E-state index in [0.29, 0.717) is 5.69 Å². The first-order valence-corrected chi connectivity index (χ1v) is 5.21. The van der Waals surface area contributed by atoms with Gasteiger partial charge in [0.2, 0.25) is 10.0 Å². The molecule has 1 aromatic rings. The summed E-state index contributed by atoms with van der Waals surface area (Å²) in [6.45, 7) is 0. The molecular formula is C7H12N3O2S+. The lowest BCUT2D eigenvalue weighted by atomic mass is 10.4. The van der Waals surface area contributed by atoms with Crippen molar-refractivity contribution in [3.05, 3.63) is 18.5 Å². The Kier molecular flexibility index (Phi) is 2.84. The Labute approximate surface area is 77.2 Å². The molecule has 0 radical (unpaired) electrons. The minimum atomic E-state index is -3.38. The van der Waals surface area contributed by atoms with Crippen LogP contribution in [-0.2, 0) is 10.0 Å². The van der Waals surface area contributed by atoms with Gasteiger partial charge in [0, 0.05) is 13.1 Å². The van der Waals surface area contributed by atoms with Crippen LogP contribution in [0.2, 0.25) is 0 Å². The fourth-order valence-electron chi connectivity index (χ4n) is 0.954. The van der Waals surface area contributed by atoms with Crippen LogP contribution in [0.5, 0.6) is 0 Å². The second-order valence-corrected chi connectivity index (χ2v) is 4.23. The van der Waals surface area contributed by atoms with E-state index in [1.165, 1.54) is 13.2 Å². The van der Waals surface area contributed by atoms with Crippen LogP contribution in [-0.4, -0.2) is 22.5 Å². The summed E-state index contributed by atoms with van der Waals surface area (Å²) >= 11 is 0. The van der Waals surface area contributed by atoms with Crippen molar-refractivity contribution in [3.8, 4) is 0 Å². The normalized spacial score (nSPS) is 11.2. The second-order valence-electron chi connectivity index (χ2n) is 2.38. The number of aromatic amines is 1. The number of rotatable bonds is 3. The zero-order valence-corrected chi connectivity index (χ0v) is 8.27. The average molecular weight is 202 g/mol.